The van der Waals surface area contributed by atoms with Crippen molar-refractivity contribution in [2.45, 2.75) is 46.2 Å². The molecule has 2 amide bonds. The Kier molecular flexibility index (Phi) is 4.06. The van der Waals surface area contributed by atoms with Crippen LogP contribution in [-0.4, -0.2) is 43.0 Å². The molecule has 0 atom stereocenters. The van der Waals surface area contributed by atoms with E-state index < -0.39 is 5.91 Å². The van der Waals surface area contributed by atoms with E-state index in [9.17, 15) is 9.59 Å². The van der Waals surface area contributed by atoms with Crippen molar-refractivity contribution in [3.8, 4) is 0 Å². The number of rotatable bonds is 2. The third-order valence-corrected chi connectivity index (χ3v) is 4.14. The Morgan fingerprint density at radius 2 is 2.00 bits per heavy atom. The number of amides is 2. The van der Waals surface area contributed by atoms with Gasteiger partial charge in [-0.05, 0) is 45.7 Å². The number of carbonyl (C=O) groups is 2. The van der Waals surface area contributed by atoms with E-state index in [0.717, 1.165) is 11.3 Å². The third kappa shape index (κ3) is 3.24. The number of aryl methyl sites for hydroxylation is 1. The van der Waals surface area contributed by atoms with Crippen LogP contribution in [0.5, 0.6) is 0 Å². The van der Waals surface area contributed by atoms with E-state index in [0.29, 0.717) is 30.9 Å². The van der Waals surface area contributed by atoms with Gasteiger partial charge in [-0.1, -0.05) is 0 Å². The van der Waals surface area contributed by atoms with Crippen LogP contribution in [0.1, 0.15) is 58.8 Å². The molecule has 0 fully saturated rings. The Balaban J connectivity index is 1.91. The average molecular weight is 342 g/mol. The Bertz CT molecular complexity index is 849. The minimum atomic E-state index is -0.673. The topological polar surface area (TPSA) is 107 Å². The Labute approximate surface area is 146 Å². The highest BCUT2D eigenvalue weighted by Gasteiger charge is 2.29. The highest BCUT2D eigenvalue weighted by Crippen LogP contribution is 2.22. The number of primary amides is 1. The van der Waals surface area contributed by atoms with Gasteiger partial charge >= 0.3 is 0 Å². The number of hydrogen-bond donors (Lipinski definition) is 1. The lowest BCUT2D eigenvalue weighted by atomic mass is 10.1. The highest BCUT2D eigenvalue weighted by atomic mass is 16.2. The zero-order valence-corrected chi connectivity index (χ0v) is 14.9. The first kappa shape index (κ1) is 17.1. The quantitative estimate of drug-likeness (QED) is 0.877. The van der Waals surface area contributed by atoms with Crippen molar-refractivity contribution < 1.29 is 9.59 Å². The van der Waals surface area contributed by atoms with Crippen molar-refractivity contribution in [2.24, 2.45) is 5.73 Å². The zero-order chi connectivity index (χ0) is 18.4. The molecule has 3 rings (SSSR count). The van der Waals surface area contributed by atoms with E-state index in [1.165, 1.54) is 0 Å². The number of nitrogens with two attached hydrogens (primary N) is 1. The van der Waals surface area contributed by atoms with Gasteiger partial charge in [-0.15, -0.1) is 0 Å². The molecule has 0 radical (unpaired) electrons. The van der Waals surface area contributed by atoms with Crippen LogP contribution < -0.4 is 5.73 Å². The van der Waals surface area contributed by atoms with Gasteiger partial charge in [0.05, 0.1) is 23.5 Å². The lowest BCUT2D eigenvalue weighted by Gasteiger charge is -2.29. The van der Waals surface area contributed by atoms with Crippen molar-refractivity contribution in [3.05, 3.63) is 40.7 Å². The molecule has 132 valence electrons. The standard InChI is InChI=1S/C17H22N6O2/c1-10-7-13(23(21-10)17(2,3)4)16(25)22-6-5-11-8-19-15(14(18)24)20-12(11)9-22/h7-8H,5-6,9H2,1-4H3,(H2,18,24). The van der Waals surface area contributed by atoms with Crippen LogP contribution in [0.2, 0.25) is 0 Å². The summed E-state index contributed by atoms with van der Waals surface area (Å²) in [7, 11) is 0. The van der Waals surface area contributed by atoms with Gasteiger partial charge in [-0.25, -0.2) is 9.97 Å². The minimum Gasteiger partial charge on any atom is -0.363 e. The monoisotopic (exact) mass is 342 g/mol. The maximum atomic E-state index is 13.0. The molecule has 0 saturated carbocycles. The summed E-state index contributed by atoms with van der Waals surface area (Å²) in [6.07, 6.45) is 2.26. The van der Waals surface area contributed by atoms with E-state index >= 15 is 0 Å². The number of aromatic nitrogens is 4. The summed E-state index contributed by atoms with van der Waals surface area (Å²) in [6, 6.07) is 1.80. The molecule has 2 aromatic rings. The van der Waals surface area contributed by atoms with Gasteiger partial charge in [-0.2, -0.15) is 5.10 Å². The van der Waals surface area contributed by atoms with E-state index in [4.69, 9.17) is 5.73 Å². The van der Waals surface area contributed by atoms with E-state index in [1.54, 1.807) is 21.8 Å². The molecule has 25 heavy (non-hydrogen) atoms. The summed E-state index contributed by atoms with van der Waals surface area (Å²) >= 11 is 0. The van der Waals surface area contributed by atoms with E-state index in [-0.39, 0.29) is 17.3 Å². The Morgan fingerprint density at radius 3 is 2.64 bits per heavy atom. The molecular formula is C17H22N6O2. The number of fused-ring (bicyclic) bond motifs is 1. The number of carbonyl (C=O) groups excluding carboxylic acids is 2. The van der Waals surface area contributed by atoms with Gasteiger partial charge in [0.15, 0.2) is 0 Å². The van der Waals surface area contributed by atoms with Crippen LogP contribution in [0.4, 0.5) is 0 Å². The lowest BCUT2D eigenvalue weighted by Crippen LogP contribution is -2.39. The second-order valence-corrected chi connectivity index (χ2v) is 7.26. The van der Waals surface area contributed by atoms with Gasteiger partial charge < -0.3 is 10.6 Å². The second kappa shape index (κ2) is 5.94. The predicted octanol–water partition coefficient (Wildman–Crippen LogP) is 1.03. The minimum absolute atomic E-state index is 0.0244. The fraction of sp³-hybridized carbons (Fsp3) is 0.471. The molecule has 0 aromatic carbocycles. The first-order valence-corrected chi connectivity index (χ1v) is 8.18. The lowest BCUT2D eigenvalue weighted by molar-refractivity contribution is 0.0710. The Morgan fingerprint density at radius 1 is 1.28 bits per heavy atom. The second-order valence-electron chi connectivity index (χ2n) is 7.26. The Hall–Kier alpha value is -2.77. The van der Waals surface area contributed by atoms with Gasteiger partial charge in [0.2, 0.25) is 5.82 Å². The summed E-state index contributed by atoms with van der Waals surface area (Å²) < 4.78 is 1.76. The largest absolute Gasteiger partial charge is 0.363 e. The first-order valence-electron chi connectivity index (χ1n) is 8.18. The number of nitrogens with zero attached hydrogens (tertiary/aromatic N) is 5. The number of hydrogen-bond acceptors (Lipinski definition) is 5. The first-order chi connectivity index (χ1) is 11.7. The zero-order valence-electron chi connectivity index (χ0n) is 14.9. The van der Waals surface area contributed by atoms with Crippen molar-refractivity contribution in [3.63, 3.8) is 0 Å². The average Bonchev–Trinajstić information content (AvgIpc) is 2.95. The molecular weight excluding hydrogens is 320 g/mol. The smallest absolute Gasteiger partial charge is 0.286 e. The van der Waals surface area contributed by atoms with Crippen LogP contribution in [0.3, 0.4) is 0 Å². The molecule has 8 nitrogen and oxygen atoms in total. The van der Waals surface area contributed by atoms with Gasteiger partial charge in [0.25, 0.3) is 11.8 Å². The summed E-state index contributed by atoms with van der Waals surface area (Å²) in [6.45, 7) is 8.79. The predicted molar refractivity (Wildman–Crippen MR) is 91.0 cm³/mol. The third-order valence-electron chi connectivity index (χ3n) is 4.14. The van der Waals surface area contributed by atoms with Crippen molar-refractivity contribution >= 4 is 11.8 Å². The van der Waals surface area contributed by atoms with Gasteiger partial charge in [-0.3, -0.25) is 14.3 Å². The normalized spacial score (nSPS) is 14.3. The van der Waals surface area contributed by atoms with Gasteiger partial charge in [0, 0.05) is 12.7 Å². The molecule has 0 saturated heterocycles. The molecule has 2 N–H and O–H groups in total. The molecule has 0 unspecified atom stereocenters. The fourth-order valence-electron chi connectivity index (χ4n) is 2.92. The van der Waals surface area contributed by atoms with Crippen molar-refractivity contribution in [2.75, 3.05) is 6.54 Å². The van der Waals surface area contributed by atoms with Crippen LogP contribution >= 0.6 is 0 Å². The molecule has 1 aliphatic heterocycles. The summed E-state index contributed by atoms with van der Waals surface area (Å²) in [5.41, 5.74) is 7.91. The molecule has 0 spiro atoms. The fourth-order valence-corrected chi connectivity index (χ4v) is 2.92. The van der Waals surface area contributed by atoms with Crippen LogP contribution in [0.25, 0.3) is 0 Å². The molecule has 3 heterocycles. The van der Waals surface area contributed by atoms with Crippen LogP contribution in [0, 0.1) is 6.92 Å². The summed E-state index contributed by atoms with van der Waals surface area (Å²) in [5, 5.41) is 4.46. The summed E-state index contributed by atoms with van der Waals surface area (Å²) in [4.78, 5) is 34.2. The maximum Gasteiger partial charge on any atom is 0.286 e. The van der Waals surface area contributed by atoms with Crippen LogP contribution in [-0.2, 0) is 18.5 Å². The SMILES string of the molecule is Cc1cc(C(=O)N2CCc3cnc(C(N)=O)nc3C2)n(C(C)(C)C)n1. The highest BCUT2D eigenvalue weighted by molar-refractivity contribution is 5.93. The molecule has 2 aromatic heterocycles. The van der Waals surface area contributed by atoms with Crippen molar-refractivity contribution in [1.29, 1.82) is 0 Å². The molecule has 1 aliphatic rings. The van der Waals surface area contributed by atoms with E-state index in [2.05, 4.69) is 15.1 Å². The molecule has 8 heteroatoms. The van der Waals surface area contributed by atoms with Gasteiger partial charge in [0.1, 0.15) is 5.69 Å². The van der Waals surface area contributed by atoms with Crippen molar-refractivity contribution in [1.82, 2.24) is 24.6 Å². The van der Waals surface area contributed by atoms with E-state index in [1.807, 2.05) is 27.7 Å². The van der Waals surface area contributed by atoms with Crippen LogP contribution in [0.15, 0.2) is 12.3 Å². The maximum absolute atomic E-state index is 13.0. The summed E-state index contributed by atoms with van der Waals surface area (Å²) in [5.74, 6) is -0.795. The molecule has 0 aliphatic carbocycles. The molecule has 0 bridgehead atoms.